The van der Waals surface area contributed by atoms with E-state index in [1.54, 1.807) is 0 Å². The molecule has 84 valence electrons. The van der Waals surface area contributed by atoms with Crippen LogP contribution in [0.5, 0.6) is 0 Å². The highest BCUT2D eigenvalue weighted by Crippen LogP contribution is 2.23. The van der Waals surface area contributed by atoms with Crippen LogP contribution < -0.4 is 11.1 Å². The first-order valence-electron chi connectivity index (χ1n) is 5.50. The van der Waals surface area contributed by atoms with Crippen molar-refractivity contribution >= 4 is 0 Å². The van der Waals surface area contributed by atoms with Gasteiger partial charge in [0, 0.05) is 12.6 Å². The third-order valence-electron chi connectivity index (χ3n) is 3.04. The van der Waals surface area contributed by atoms with Crippen molar-refractivity contribution in [2.45, 2.75) is 37.8 Å². The number of aliphatic hydroxyl groups is 2. The third-order valence-corrected chi connectivity index (χ3v) is 3.04. The first kappa shape index (κ1) is 11.9. The quantitative estimate of drug-likeness (QED) is 0.482. The minimum Gasteiger partial charge on any atom is -0.394 e. The maximum atomic E-state index is 9.20. The van der Waals surface area contributed by atoms with Crippen LogP contribution in [0.15, 0.2) is 0 Å². The standard InChI is InChI=1S/C10H22N2O2/c11-5-8-3-1-2-4-10(8)12-6-9(14)7-13/h8-10,12-14H,1-7,11H2. The Balaban J connectivity index is 2.26. The van der Waals surface area contributed by atoms with E-state index in [1.807, 2.05) is 0 Å². The summed E-state index contributed by atoms with van der Waals surface area (Å²) in [5, 5.41) is 21.2. The summed E-state index contributed by atoms with van der Waals surface area (Å²) < 4.78 is 0. The van der Waals surface area contributed by atoms with E-state index in [0.717, 1.165) is 6.42 Å². The van der Waals surface area contributed by atoms with Gasteiger partial charge >= 0.3 is 0 Å². The first-order valence-corrected chi connectivity index (χ1v) is 5.50. The molecule has 14 heavy (non-hydrogen) atoms. The molecule has 0 aromatic carbocycles. The molecule has 0 spiro atoms. The molecule has 0 saturated heterocycles. The normalized spacial score (nSPS) is 30.2. The van der Waals surface area contributed by atoms with E-state index in [2.05, 4.69) is 5.32 Å². The number of hydrogen-bond acceptors (Lipinski definition) is 4. The molecule has 0 aliphatic heterocycles. The van der Waals surface area contributed by atoms with Crippen molar-refractivity contribution in [1.29, 1.82) is 0 Å². The second kappa shape index (κ2) is 6.35. The molecule has 1 aliphatic rings. The van der Waals surface area contributed by atoms with Crippen molar-refractivity contribution in [2.24, 2.45) is 11.7 Å². The predicted octanol–water partition coefficient (Wildman–Crippen LogP) is -0.553. The van der Waals surface area contributed by atoms with Gasteiger partial charge < -0.3 is 21.3 Å². The molecule has 1 saturated carbocycles. The van der Waals surface area contributed by atoms with Gasteiger partial charge in [0.2, 0.25) is 0 Å². The third kappa shape index (κ3) is 3.53. The van der Waals surface area contributed by atoms with Gasteiger partial charge in [-0.1, -0.05) is 12.8 Å². The zero-order valence-electron chi connectivity index (χ0n) is 8.65. The smallest absolute Gasteiger partial charge is 0.0895 e. The van der Waals surface area contributed by atoms with Crippen LogP contribution in [0.2, 0.25) is 0 Å². The Morgan fingerprint density at radius 1 is 1.36 bits per heavy atom. The fourth-order valence-electron chi connectivity index (χ4n) is 2.11. The molecular weight excluding hydrogens is 180 g/mol. The molecule has 0 radical (unpaired) electrons. The van der Waals surface area contributed by atoms with E-state index in [0.29, 0.717) is 25.0 Å². The van der Waals surface area contributed by atoms with Crippen molar-refractivity contribution in [3.63, 3.8) is 0 Å². The van der Waals surface area contributed by atoms with Crippen LogP contribution in [0.1, 0.15) is 25.7 Å². The summed E-state index contributed by atoms with van der Waals surface area (Å²) in [7, 11) is 0. The van der Waals surface area contributed by atoms with Crippen molar-refractivity contribution in [3.05, 3.63) is 0 Å². The summed E-state index contributed by atoms with van der Waals surface area (Å²) in [5.74, 6) is 0.537. The monoisotopic (exact) mass is 202 g/mol. The van der Waals surface area contributed by atoms with Crippen LogP contribution in [-0.4, -0.2) is 42.1 Å². The van der Waals surface area contributed by atoms with Gasteiger partial charge in [-0.05, 0) is 25.3 Å². The lowest BCUT2D eigenvalue weighted by Gasteiger charge is -2.32. The largest absolute Gasteiger partial charge is 0.394 e. The fourth-order valence-corrected chi connectivity index (χ4v) is 2.11. The number of hydrogen-bond donors (Lipinski definition) is 4. The van der Waals surface area contributed by atoms with E-state index in [4.69, 9.17) is 10.8 Å². The van der Waals surface area contributed by atoms with Gasteiger partial charge in [-0.2, -0.15) is 0 Å². The molecule has 3 unspecified atom stereocenters. The van der Waals surface area contributed by atoms with Crippen LogP contribution in [-0.2, 0) is 0 Å². The zero-order valence-corrected chi connectivity index (χ0v) is 8.65. The summed E-state index contributed by atoms with van der Waals surface area (Å²) in [4.78, 5) is 0. The molecule has 0 amide bonds. The minimum absolute atomic E-state index is 0.174. The second-order valence-corrected chi connectivity index (χ2v) is 4.13. The SMILES string of the molecule is NCC1CCCCC1NCC(O)CO. The molecule has 0 aromatic heterocycles. The highest BCUT2D eigenvalue weighted by molar-refractivity contribution is 4.82. The molecule has 0 bridgehead atoms. The average molecular weight is 202 g/mol. The molecule has 4 heteroatoms. The summed E-state index contributed by atoms with van der Waals surface area (Å²) >= 11 is 0. The molecular formula is C10H22N2O2. The second-order valence-electron chi connectivity index (χ2n) is 4.13. The number of nitrogens with one attached hydrogen (secondary N) is 1. The topological polar surface area (TPSA) is 78.5 Å². The van der Waals surface area contributed by atoms with Gasteiger partial charge in [0.1, 0.15) is 0 Å². The Kier molecular flexibility index (Phi) is 5.40. The maximum Gasteiger partial charge on any atom is 0.0895 e. The van der Waals surface area contributed by atoms with E-state index in [-0.39, 0.29) is 6.61 Å². The van der Waals surface area contributed by atoms with Gasteiger partial charge in [0.25, 0.3) is 0 Å². The average Bonchev–Trinajstić information content (AvgIpc) is 2.26. The summed E-state index contributed by atoms with van der Waals surface area (Å²) in [6.45, 7) is 1.01. The lowest BCUT2D eigenvalue weighted by atomic mass is 9.84. The van der Waals surface area contributed by atoms with Crippen molar-refractivity contribution in [2.75, 3.05) is 19.7 Å². The Hall–Kier alpha value is -0.160. The Bertz CT molecular complexity index is 155. The highest BCUT2D eigenvalue weighted by Gasteiger charge is 2.23. The highest BCUT2D eigenvalue weighted by atomic mass is 16.3. The van der Waals surface area contributed by atoms with Gasteiger partial charge in [0.15, 0.2) is 0 Å². The maximum absolute atomic E-state index is 9.20. The molecule has 3 atom stereocenters. The molecule has 1 rings (SSSR count). The minimum atomic E-state index is -0.643. The van der Waals surface area contributed by atoms with Gasteiger partial charge in [-0.3, -0.25) is 0 Å². The predicted molar refractivity (Wildman–Crippen MR) is 55.9 cm³/mol. The van der Waals surface area contributed by atoms with Crippen molar-refractivity contribution in [1.82, 2.24) is 5.32 Å². The first-order chi connectivity index (χ1) is 6.77. The molecule has 4 nitrogen and oxygen atoms in total. The van der Waals surface area contributed by atoms with Crippen molar-refractivity contribution in [3.8, 4) is 0 Å². The van der Waals surface area contributed by atoms with Crippen LogP contribution in [0.4, 0.5) is 0 Å². The summed E-state index contributed by atoms with van der Waals surface area (Å²) in [5.41, 5.74) is 5.68. The van der Waals surface area contributed by atoms with Crippen LogP contribution in [0.25, 0.3) is 0 Å². The molecule has 0 heterocycles. The Labute approximate surface area is 85.5 Å². The Morgan fingerprint density at radius 2 is 2.07 bits per heavy atom. The van der Waals surface area contributed by atoms with E-state index >= 15 is 0 Å². The van der Waals surface area contributed by atoms with Gasteiger partial charge in [-0.15, -0.1) is 0 Å². The van der Waals surface area contributed by atoms with Gasteiger partial charge in [0.05, 0.1) is 12.7 Å². The lowest BCUT2D eigenvalue weighted by Crippen LogP contribution is -2.45. The summed E-state index contributed by atoms with van der Waals surface area (Å²) in [6.07, 6.45) is 4.19. The molecule has 1 fully saturated rings. The van der Waals surface area contributed by atoms with Crippen LogP contribution >= 0.6 is 0 Å². The number of rotatable bonds is 5. The van der Waals surface area contributed by atoms with Crippen molar-refractivity contribution < 1.29 is 10.2 Å². The lowest BCUT2D eigenvalue weighted by molar-refractivity contribution is 0.0872. The molecule has 5 N–H and O–H groups in total. The van der Waals surface area contributed by atoms with Crippen LogP contribution in [0, 0.1) is 5.92 Å². The van der Waals surface area contributed by atoms with E-state index < -0.39 is 6.10 Å². The number of nitrogens with two attached hydrogens (primary N) is 1. The van der Waals surface area contributed by atoms with E-state index in [9.17, 15) is 5.11 Å². The fraction of sp³-hybridized carbons (Fsp3) is 1.00. The molecule has 1 aliphatic carbocycles. The van der Waals surface area contributed by atoms with Crippen LogP contribution in [0.3, 0.4) is 0 Å². The summed E-state index contributed by atoms with van der Waals surface area (Å²) in [6, 6.07) is 0.426. The number of aliphatic hydroxyl groups excluding tert-OH is 2. The molecule has 0 aromatic rings. The van der Waals surface area contributed by atoms with Gasteiger partial charge in [-0.25, -0.2) is 0 Å². The zero-order chi connectivity index (χ0) is 10.4. The van der Waals surface area contributed by atoms with E-state index in [1.165, 1.54) is 19.3 Å². The Morgan fingerprint density at radius 3 is 2.71 bits per heavy atom.